The molecular weight excluding hydrogens is 308 g/mol. The molecule has 0 saturated heterocycles. The summed E-state index contributed by atoms with van der Waals surface area (Å²) in [4.78, 5) is 27.7. The van der Waals surface area contributed by atoms with Gasteiger partial charge in [-0.2, -0.15) is 0 Å². The number of fused-ring (bicyclic) bond motifs is 1. The Hall–Kier alpha value is -2.14. The second-order valence-corrected chi connectivity index (χ2v) is 6.93. The van der Waals surface area contributed by atoms with Gasteiger partial charge in [0.25, 0.3) is 5.91 Å². The Balaban J connectivity index is 1.78. The Labute approximate surface area is 140 Å². The van der Waals surface area contributed by atoms with Gasteiger partial charge in [-0.05, 0) is 55.2 Å². The van der Waals surface area contributed by atoms with Gasteiger partial charge in [-0.1, -0.05) is 6.92 Å². The standard InChI is InChI=1S/C18H20N2O2S/c1-4-16-11(2)9-17(23-16)18(22)19-14-5-6-15-13(10-14)7-8-20(15)12(3)21/h5-6,9-10H,4,7-8H2,1-3H3,(H,19,22). The number of aryl methyl sites for hydroxylation is 2. The molecule has 0 atom stereocenters. The molecule has 0 radical (unpaired) electrons. The van der Waals surface area contributed by atoms with E-state index in [4.69, 9.17) is 0 Å². The van der Waals surface area contributed by atoms with Gasteiger partial charge in [0.2, 0.25) is 5.91 Å². The Bertz CT molecular complexity index is 779. The zero-order valence-electron chi connectivity index (χ0n) is 13.6. The van der Waals surface area contributed by atoms with Gasteiger partial charge in [-0.3, -0.25) is 9.59 Å². The van der Waals surface area contributed by atoms with E-state index >= 15 is 0 Å². The van der Waals surface area contributed by atoms with E-state index in [2.05, 4.69) is 12.2 Å². The number of carbonyl (C=O) groups excluding carboxylic acids is 2. The second kappa shape index (κ2) is 6.16. The van der Waals surface area contributed by atoms with Crippen LogP contribution in [0.5, 0.6) is 0 Å². The molecule has 1 aromatic heterocycles. The van der Waals surface area contributed by atoms with Crippen LogP contribution in [-0.4, -0.2) is 18.4 Å². The lowest BCUT2D eigenvalue weighted by molar-refractivity contribution is -0.116. The molecule has 1 N–H and O–H groups in total. The molecule has 4 nitrogen and oxygen atoms in total. The van der Waals surface area contributed by atoms with E-state index in [1.165, 1.54) is 10.4 Å². The molecule has 0 aliphatic carbocycles. The zero-order valence-corrected chi connectivity index (χ0v) is 14.4. The third-order valence-electron chi connectivity index (χ3n) is 4.18. The number of rotatable bonds is 3. The predicted octanol–water partition coefficient (Wildman–Crippen LogP) is 3.78. The molecule has 0 fully saturated rings. The first-order chi connectivity index (χ1) is 11.0. The van der Waals surface area contributed by atoms with Crippen LogP contribution in [0.1, 0.15) is 39.5 Å². The maximum atomic E-state index is 12.4. The molecule has 2 amide bonds. The molecule has 1 aromatic carbocycles. The molecule has 23 heavy (non-hydrogen) atoms. The number of hydrogen-bond donors (Lipinski definition) is 1. The molecular formula is C18H20N2O2S. The zero-order chi connectivity index (χ0) is 16.6. The molecule has 3 rings (SSSR count). The molecule has 5 heteroatoms. The maximum absolute atomic E-state index is 12.4. The van der Waals surface area contributed by atoms with Gasteiger partial charge in [0.15, 0.2) is 0 Å². The fraction of sp³-hybridized carbons (Fsp3) is 0.333. The first kappa shape index (κ1) is 15.7. The summed E-state index contributed by atoms with van der Waals surface area (Å²) < 4.78 is 0. The highest BCUT2D eigenvalue weighted by molar-refractivity contribution is 7.14. The number of thiophene rings is 1. The molecule has 2 heterocycles. The summed E-state index contributed by atoms with van der Waals surface area (Å²) in [6.07, 6.45) is 1.78. The molecule has 2 aromatic rings. The monoisotopic (exact) mass is 328 g/mol. The quantitative estimate of drug-likeness (QED) is 0.932. The van der Waals surface area contributed by atoms with Crippen LogP contribution in [0.25, 0.3) is 0 Å². The van der Waals surface area contributed by atoms with E-state index in [1.807, 2.05) is 31.2 Å². The summed E-state index contributed by atoms with van der Waals surface area (Å²) in [5.41, 5.74) is 4.02. The predicted molar refractivity (Wildman–Crippen MR) is 94.6 cm³/mol. The minimum Gasteiger partial charge on any atom is -0.321 e. The third-order valence-corrected chi connectivity index (χ3v) is 5.56. The van der Waals surface area contributed by atoms with Crippen LogP contribution >= 0.6 is 11.3 Å². The van der Waals surface area contributed by atoms with Crippen molar-refractivity contribution in [2.45, 2.75) is 33.6 Å². The molecule has 0 saturated carbocycles. The number of benzene rings is 1. The van der Waals surface area contributed by atoms with Gasteiger partial charge in [-0.15, -0.1) is 11.3 Å². The summed E-state index contributed by atoms with van der Waals surface area (Å²) in [6.45, 7) is 6.43. The average molecular weight is 328 g/mol. The van der Waals surface area contributed by atoms with Gasteiger partial charge in [0, 0.05) is 29.7 Å². The number of nitrogens with one attached hydrogen (secondary N) is 1. The topological polar surface area (TPSA) is 49.4 Å². The van der Waals surface area contributed by atoms with Gasteiger partial charge >= 0.3 is 0 Å². The fourth-order valence-corrected chi connectivity index (χ4v) is 3.99. The summed E-state index contributed by atoms with van der Waals surface area (Å²) in [6, 6.07) is 7.69. The van der Waals surface area contributed by atoms with Crippen LogP contribution < -0.4 is 10.2 Å². The van der Waals surface area contributed by atoms with E-state index < -0.39 is 0 Å². The van der Waals surface area contributed by atoms with Crippen molar-refractivity contribution in [1.29, 1.82) is 0 Å². The maximum Gasteiger partial charge on any atom is 0.265 e. The number of hydrogen-bond acceptors (Lipinski definition) is 3. The first-order valence-corrected chi connectivity index (χ1v) is 8.63. The summed E-state index contributed by atoms with van der Waals surface area (Å²) >= 11 is 1.55. The Morgan fingerprint density at radius 1 is 1.30 bits per heavy atom. The van der Waals surface area contributed by atoms with Crippen molar-refractivity contribution in [3.63, 3.8) is 0 Å². The summed E-state index contributed by atoms with van der Waals surface area (Å²) in [7, 11) is 0. The number of nitrogens with zero attached hydrogens (tertiary/aromatic N) is 1. The van der Waals surface area contributed by atoms with Crippen molar-refractivity contribution in [1.82, 2.24) is 0 Å². The van der Waals surface area contributed by atoms with Crippen LogP contribution in [0.15, 0.2) is 24.3 Å². The fourth-order valence-electron chi connectivity index (χ4n) is 2.98. The van der Waals surface area contributed by atoms with Crippen LogP contribution in [-0.2, 0) is 17.6 Å². The molecule has 1 aliphatic heterocycles. The Morgan fingerprint density at radius 2 is 2.09 bits per heavy atom. The van der Waals surface area contributed by atoms with Gasteiger partial charge in [0.05, 0.1) is 4.88 Å². The Morgan fingerprint density at radius 3 is 2.74 bits per heavy atom. The van der Waals surface area contributed by atoms with Crippen molar-refractivity contribution >= 4 is 34.5 Å². The normalized spacial score (nSPS) is 13.1. The highest BCUT2D eigenvalue weighted by Crippen LogP contribution is 2.31. The highest BCUT2D eigenvalue weighted by Gasteiger charge is 2.22. The SMILES string of the molecule is CCc1sc(C(=O)Nc2ccc3c(c2)CCN3C(C)=O)cc1C. The van der Waals surface area contributed by atoms with E-state index in [9.17, 15) is 9.59 Å². The molecule has 120 valence electrons. The van der Waals surface area contributed by atoms with E-state index in [0.29, 0.717) is 6.54 Å². The second-order valence-electron chi connectivity index (χ2n) is 5.79. The van der Waals surface area contributed by atoms with Gasteiger partial charge < -0.3 is 10.2 Å². The van der Waals surface area contributed by atoms with Crippen LogP contribution in [0.3, 0.4) is 0 Å². The number of amides is 2. The van der Waals surface area contributed by atoms with Crippen molar-refractivity contribution in [3.05, 3.63) is 45.1 Å². The number of anilines is 2. The third kappa shape index (κ3) is 3.01. The smallest absolute Gasteiger partial charge is 0.265 e. The Kier molecular flexibility index (Phi) is 4.22. The molecule has 0 unspecified atom stereocenters. The minimum atomic E-state index is -0.0702. The molecule has 1 aliphatic rings. The van der Waals surface area contributed by atoms with Crippen molar-refractivity contribution in [3.8, 4) is 0 Å². The van der Waals surface area contributed by atoms with Crippen LogP contribution in [0.4, 0.5) is 11.4 Å². The lowest BCUT2D eigenvalue weighted by Crippen LogP contribution is -2.25. The van der Waals surface area contributed by atoms with E-state index in [0.717, 1.165) is 34.7 Å². The van der Waals surface area contributed by atoms with E-state index in [-0.39, 0.29) is 11.8 Å². The largest absolute Gasteiger partial charge is 0.321 e. The summed E-state index contributed by atoms with van der Waals surface area (Å²) in [5, 5.41) is 2.96. The molecule has 0 spiro atoms. The number of carbonyl (C=O) groups is 2. The van der Waals surface area contributed by atoms with Gasteiger partial charge in [-0.25, -0.2) is 0 Å². The minimum absolute atomic E-state index is 0.0571. The lowest BCUT2D eigenvalue weighted by atomic mass is 10.1. The van der Waals surface area contributed by atoms with E-state index in [1.54, 1.807) is 23.2 Å². The van der Waals surface area contributed by atoms with Crippen molar-refractivity contribution in [2.24, 2.45) is 0 Å². The average Bonchev–Trinajstić information content (AvgIpc) is 3.10. The summed E-state index contributed by atoms with van der Waals surface area (Å²) in [5.74, 6) is -0.0131. The molecule has 0 bridgehead atoms. The van der Waals surface area contributed by atoms with Crippen LogP contribution in [0.2, 0.25) is 0 Å². The lowest BCUT2D eigenvalue weighted by Gasteiger charge is -2.15. The first-order valence-electron chi connectivity index (χ1n) is 7.81. The van der Waals surface area contributed by atoms with Gasteiger partial charge in [0.1, 0.15) is 0 Å². The van der Waals surface area contributed by atoms with Crippen LogP contribution in [0, 0.1) is 6.92 Å². The van der Waals surface area contributed by atoms with Crippen molar-refractivity contribution < 1.29 is 9.59 Å². The van der Waals surface area contributed by atoms with Crippen molar-refractivity contribution in [2.75, 3.05) is 16.8 Å². The highest BCUT2D eigenvalue weighted by atomic mass is 32.1.